The number of benzene rings is 1. The van der Waals surface area contributed by atoms with Crippen LogP contribution >= 0.6 is 15.9 Å². The second-order valence-corrected chi connectivity index (χ2v) is 6.57. The molecule has 104 valence electrons. The number of nitrogen functional groups attached to an aromatic ring is 1. The lowest BCUT2D eigenvalue weighted by molar-refractivity contribution is 0.611. The quantitative estimate of drug-likeness (QED) is 0.932. The van der Waals surface area contributed by atoms with Crippen molar-refractivity contribution in [3.05, 3.63) is 51.4 Å². The first-order valence-electron chi connectivity index (χ1n) is 6.96. The van der Waals surface area contributed by atoms with Crippen LogP contribution in [-0.2, 0) is 12.8 Å². The lowest BCUT2D eigenvalue weighted by Gasteiger charge is -2.29. The van der Waals surface area contributed by atoms with Crippen molar-refractivity contribution in [1.82, 2.24) is 9.97 Å². The number of halogens is 1. The van der Waals surface area contributed by atoms with Crippen LogP contribution in [0.15, 0.2) is 28.7 Å². The zero-order chi connectivity index (χ0) is 14.3. The highest BCUT2D eigenvalue weighted by Gasteiger charge is 2.30. The summed E-state index contributed by atoms with van der Waals surface area (Å²) in [6.07, 6.45) is 1.92. The Morgan fingerprint density at radius 1 is 1.30 bits per heavy atom. The highest BCUT2D eigenvalue weighted by Crippen LogP contribution is 2.39. The molecule has 0 saturated heterocycles. The van der Waals surface area contributed by atoms with Gasteiger partial charge in [0.25, 0.3) is 0 Å². The minimum atomic E-state index is 0.299. The number of hydrogen-bond donors (Lipinski definition) is 1. The minimum Gasteiger partial charge on any atom is -0.383 e. The van der Waals surface area contributed by atoms with E-state index in [-0.39, 0.29) is 0 Å². The first-order valence-corrected chi connectivity index (χ1v) is 7.75. The Hall–Kier alpha value is -1.42. The molecule has 2 N–H and O–H groups in total. The normalized spacial score (nSPS) is 16.9. The van der Waals surface area contributed by atoms with E-state index in [1.165, 1.54) is 11.1 Å². The van der Waals surface area contributed by atoms with Gasteiger partial charge in [0.05, 0.1) is 10.2 Å². The molecule has 3 nitrogen and oxygen atoms in total. The van der Waals surface area contributed by atoms with Gasteiger partial charge in [0.1, 0.15) is 11.6 Å². The van der Waals surface area contributed by atoms with E-state index in [1.807, 2.05) is 0 Å². The molecule has 1 aromatic heterocycles. The molecule has 1 unspecified atom stereocenters. The molecule has 20 heavy (non-hydrogen) atoms. The van der Waals surface area contributed by atoms with Gasteiger partial charge in [0.2, 0.25) is 0 Å². The van der Waals surface area contributed by atoms with Gasteiger partial charge in [-0.25, -0.2) is 9.97 Å². The van der Waals surface area contributed by atoms with Crippen molar-refractivity contribution in [2.45, 2.75) is 32.6 Å². The Morgan fingerprint density at radius 3 is 2.75 bits per heavy atom. The molecule has 1 aromatic carbocycles. The highest BCUT2D eigenvalue weighted by atomic mass is 79.9. The second kappa shape index (κ2) is 5.17. The Bertz CT molecular complexity index is 652. The van der Waals surface area contributed by atoms with Crippen molar-refractivity contribution in [2.75, 3.05) is 5.73 Å². The van der Waals surface area contributed by atoms with Gasteiger partial charge in [-0.15, -0.1) is 0 Å². The summed E-state index contributed by atoms with van der Waals surface area (Å²) in [6.45, 7) is 4.37. The molecular formula is C16H18BrN3. The maximum absolute atomic E-state index is 6.04. The molecule has 1 aliphatic rings. The smallest absolute Gasteiger partial charge is 0.141 e. The number of nitrogens with two attached hydrogens (primary N) is 1. The average Bonchev–Trinajstić information content (AvgIpc) is 2.36. The third-order valence-electron chi connectivity index (χ3n) is 3.73. The molecule has 0 radical (unpaired) electrons. The zero-order valence-corrected chi connectivity index (χ0v) is 13.3. The average molecular weight is 332 g/mol. The minimum absolute atomic E-state index is 0.299. The number of rotatable bonds is 3. The van der Waals surface area contributed by atoms with Gasteiger partial charge >= 0.3 is 0 Å². The van der Waals surface area contributed by atoms with Crippen LogP contribution in [0, 0.1) is 5.92 Å². The molecule has 1 heterocycles. The van der Waals surface area contributed by atoms with Crippen molar-refractivity contribution >= 4 is 21.7 Å². The molecule has 4 heteroatoms. The summed E-state index contributed by atoms with van der Waals surface area (Å²) in [5, 5.41) is 0. The Kier molecular flexibility index (Phi) is 3.50. The summed E-state index contributed by atoms with van der Waals surface area (Å²) in [7, 11) is 0. The van der Waals surface area contributed by atoms with Crippen molar-refractivity contribution in [1.29, 1.82) is 0 Å². The predicted octanol–water partition coefficient (Wildman–Crippen LogP) is 3.71. The summed E-state index contributed by atoms with van der Waals surface area (Å²) in [4.78, 5) is 9.24. The van der Waals surface area contributed by atoms with E-state index in [9.17, 15) is 0 Å². The molecule has 0 fully saturated rings. The number of hydrogen-bond acceptors (Lipinski definition) is 3. The van der Waals surface area contributed by atoms with Crippen LogP contribution in [0.4, 0.5) is 5.82 Å². The summed E-state index contributed by atoms with van der Waals surface area (Å²) < 4.78 is 0.850. The van der Waals surface area contributed by atoms with Gasteiger partial charge in [-0.2, -0.15) is 0 Å². The fraction of sp³-hybridized carbons (Fsp3) is 0.375. The van der Waals surface area contributed by atoms with Crippen molar-refractivity contribution in [3.8, 4) is 0 Å². The molecule has 0 bridgehead atoms. The van der Waals surface area contributed by atoms with Gasteiger partial charge in [-0.3, -0.25) is 0 Å². The van der Waals surface area contributed by atoms with Crippen LogP contribution in [0.1, 0.15) is 42.4 Å². The molecule has 1 atom stereocenters. The van der Waals surface area contributed by atoms with Crippen LogP contribution in [0.2, 0.25) is 0 Å². The van der Waals surface area contributed by atoms with Gasteiger partial charge in [0.15, 0.2) is 0 Å². The van der Waals surface area contributed by atoms with E-state index < -0.39 is 0 Å². The second-order valence-electron chi connectivity index (χ2n) is 5.78. The SMILES string of the molecule is CC(C)Cc1nc(C2Cc3ccccc32)nc(N)c1Br. The zero-order valence-electron chi connectivity index (χ0n) is 11.7. The van der Waals surface area contributed by atoms with E-state index in [0.717, 1.165) is 28.8 Å². The van der Waals surface area contributed by atoms with Crippen molar-refractivity contribution in [3.63, 3.8) is 0 Å². The van der Waals surface area contributed by atoms with Crippen LogP contribution in [0.25, 0.3) is 0 Å². The molecule has 1 aliphatic carbocycles. The lowest BCUT2D eigenvalue weighted by Crippen LogP contribution is -2.22. The molecular weight excluding hydrogens is 314 g/mol. The van der Waals surface area contributed by atoms with Crippen LogP contribution < -0.4 is 5.73 Å². The number of anilines is 1. The van der Waals surface area contributed by atoms with Crippen molar-refractivity contribution < 1.29 is 0 Å². The number of aromatic nitrogens is 2. The van der Waals surface area contributed by atoms with Gasteiger partial charge in [-0.05, 0) is 45.8 Å². The molecule has 0 amide bonds. The summed E-state index contributed by atoms with van der Waals surface area (Å²) in [6, 6.07) is 8.48. The Morgan fingerprint density at radius 2 is 2.05 bits per heavy atom. The third kappa shape index (κ3) is 2.33. The summed E-state index contributed by atoms with van der Waals surface area (Å²) in [5.74, 6) is 2.25. The fourth-order valence-corrected chi connectivity index (χ4v) is 3.04. The molecule has 0 aliphatic heterocycles. The topological polar surface area (TPSA) is 51.8 Å². The lowest BCUT2D eigenvalue weighted by atomic mass is 9.77. The van der Waals surface area contributed by atoms with E-state index in [0.29, 0.717) is 17.7 Å². The number of nitrogens with zero attached hydrogens (tertiary/aromatic N) is 2. The highest BCUT2D eigenvalue weighted by molar-refractivity contribution is 9.10. The summed E-state index contributed by atoms with van der Waals surface area (Å²) in [5.41, 5.74) is 9.79. The first kappa shape index (κ1) is 13.6. The Balaban J connectivity index is 1.98. The summed E-state index contributed by atoms with van der Waals surface area (Å²) >= 11 is 3.51. The third-order valence-corrected chi connectivity index (χ3v) is 4.59. The monoisotopic (exact) mass is 331 g/mol. The van der Waals surface area contributed by atoms with Crippen LogP contribution in [0.3, 0.4) is 0 Å². The van der Waals surface area contributed by atoms with E-state index in [4.69, 9.17) is 10.7 Å². The van der Waals surface area contributed by atoms with Crippen LogP contribution in [0.5, 0.6) is 0 Å². The molecule has 3 rings (SSSR count). The maximum Gasteiger partial charge on any atom is 0.141 e. The fourth-order valence-electron chi connectivity index (χ4n) is 2.70. The molecule has 0 saturated carbocycles. The Labute approximate surface area is 127 Å². The van der Waals surface area contributed by atoms with E-state index in [1.54, 1.807) is 0 Å². The van der Waals surface area contributed by atoms with E-state index in [2.05, 4.69) is 59.0 Å². The largest absolute Gasteiger partial charge is 0.383 e. The maximum atomic E-state index is 6.04. The first-order chi connectivity index (χ1) is 9.56. The van der Waals surface area contributed by atoms with Crippen LogP contribution in [-0.4, -0.2) is 9.97 Å². The van der Waals surface area contributed by atoms with Gasteiger partial charge in [-0.1, -0.05) is 38.1 Å². The van der Waals surface area contributed by atoms with Gasteiger partial charge in [0, 0.05) is 5.92 Å². The van der Waals surface area contributed by atoms with E-state index >= 15 is 0 Å². The molecule has 2 aromatic rings. The van der Waals surface area contributed by atoms with Crippen molar-refractivity contribution in [2.24, 2.45) is 5.92 Å². The van der Waals surface area contributed by atoms with Gasteiger partial charge < -0.3 is 5.73 Å². The number of fused-ring (bicyclic) bond motifs is 1. The standard InChI is InChI=1S/C16H18BrN3/c1-9(2)7-13-14(17)15(18)20-16(19-13)12-8-10-5-3-4-6-11(10)12/h3-6,9,12H,7-8H2,1-2H3,(H2,18,19,20). The predicted molar refractivity (Wildman–Crippen MR) is 84.7 cm³/mol. The molecule has 0 spiro atoms.